The quantitative estimate of drug-likeness (QED) is 0.729. The number of hydrogen-bond acceptors (Lipinski definition) is 4. The maximum Gasteiger partial charge on any atom is 0.252 e. The molecule has 1 aliphatic rings. The summed E-state index contributed by atoms with van der Waals surface area (Å²) in [5.41, 5.74) is 6.24. The Bertz CT molecular complexity index is 385. The van der Waals surface area contributed by atoms with Gasteiger partial charge in [0.15, 0.2) is 0 Å². The van der Waals surface area contributed by atoms with Crippen LogP contribution in [0.2, 0.25) is 0 Å². The van der Waals surface area contributed by atoms with Crippen LogP contribution < -0.4 is 11.1 Å². The summed E-state index contributed by atoms with van der Waals surface area (Å²) >= 11 is 0. The monoisotopic (exact) mass is 206 g/mol. The minimum absolute atomic E-state index is 0.227. The fourth-order valence-electron chi connectivity index (χ4n) is 1.80. The highest BCUT2D eigenvalue weighted by atomic mass is 16.1. The highest BCUT2D eigenvalue weighted by Crippen LogP contribution is 2.20. The first-order valence-corrected chi connectivity index (χ1v) is 5.05. The summed E-state index contributed by atoms with van der Waals surface area (Å²) in [6.45, 7) is 2.78. The number of nitrogens with one attached hydrogen (secondary N) is 1. The lowest BCUT2D eigenvalue weighted by Gasteiger charge is -2.09. The van der Waals surface area contributed by atoms with Crippen LogP contribution in [0, 0.1) is 6.92 Å². The molecule has 80 valence electrons. The van der Waals surface area contributed by atoms with Gasteiger partial charge >= 0.3 is 0 Å². The van der Waals surface area contributed by atoms with Gasteiger partial charge in [-0.2, -0.15) is 0 Å². The normalized spacial score (nSPS) is 20.5. The van der Waals surface area contributed by atoms with Crippen LogP contribution >= 0.6 is 0 Å². The van der Waals surface area contributed by atoms with Crippen LogP contribution in [0.1, 0.15) is 40.8 Å². The van der Waals surface area contributed by atoms with Crippen molar-refractivity contribution in [2.24, 2.45) is 5.73 Å². The zero-order valence-electron chi connectivity index (χ0n) is 8.66. The number of primary amides is 1. The third kappa shape index (κ3) is 1.97. The number of carbonyl (C=O) groups excluding carboxylic acids is 1. The van der Waals surface area contributed by atoms with Crippen molar-refractivity contribution in [3.05, 3.63) is 23.3 Å². The second kappa shape index (κ2) is 3.94. The molecule has 5 heteroatoms. The fraction of sp³-hybridized carbons (Fsp3) is 0.500. The number of nitrogens with zero attached hydrogens (tertiary/aromatic N) is 2. The van der Waals surface area contributed by atoms with Gasteiger partial charge in [-0.1, -0.05) is 0 Å². The van der Waals surface area contributed by atoms with Crippen LogP contribution in [0.5, 0.6) is 0 Å². The third-order valence-electron chi connectivity index (χ3n) is 2.64. The molecule has 1 fully saturated rings. The number of aromatic nitrogens is 2. The highest BCUT2D eigenvalue weighted by molar-refractivity contribution is 5.93. The standard InChI is InChI=1S/C10H14N4O/c1-6-7(9(11)15)5-13-10(14-6)8-3-2-4-12-8/h5,8,12H,2-4H2,1H3,(H2,11,15). The van der Waals surface area contributed by atoms with E-state index in [1.807, 2.05) is 0 Å². The Labute approximate surface area is 88.1 Å². The molecule has 0 spiro atoms. The zero-order valence-corrected chi connectivity index (χ0v) is 8.66. The molecule has 1 amide bonds. The molecule has 1 saturated heterocycles. The van der Waals surface area contributed by atoms with Gasteiger partial charge in [-0.25, -0.2) is 9.97 Å². The summed E-state index contributed by atoms with van der Waals surface area (Å²) in [7, 11) is 0. The molecular weight excluding hydrogens is 192 g/mol. The zero-order chi connectivity index (χ0) is 10.8. The van der Waals surface area contributed by atoms with Crippen molar-refractivity contribution in [2.75, 3.05) is 6.54 Å². The van der Waals surface area contributed by atoms with Crippen LogP contribution in [-0.4, -0.2) is 22.4 Å². The summed E-state index contributed by atoms with van der Waals surface area (Å²) in [6.07, 6.45) is 3.71. The number of amides is 1. The Balaban J connectivity index is 2.28. The van der Waals surface area contributed by atoms with Crippen molar-refractivity contribution in [1.82, 2.24) is 15.3 Å². The number of carbonyl (C=O) groups is 1. The highest BCUT2D eigenvalue weighted by Gasteiger charge is 2.19. The minimum atomic E-state index is -0.474. The fourth-order valence-corrected chi connectivity index (χ4v) is 1.80. The topological polar surface area (TPSA) is 80.9 Å². The second-order valence-corrected chi connectivity index (χ2v) is 3.74. The van der Waals surface area contributed by atoms with Crippen molar-refractivity contribution in [3.63, 3.8) is 0 Å². The van der Waals surface area contributed by atoms with Crippen molar-refractivity contribution in [3.8, 4) is 0 Å². The van der Waals surface area contributed by atoms with E-state index in [9.17, 15) is 4.79 Å². The lowest BCUT2D eigenvalue weighted by atomic mass is 10.2. The number of hydrogen-bond donors (Lipinski definition) is 2. The summed E-state index contributed by atoms with van der Waals surface area (Å²) in [5, 5.41) is 3.31. The van der Waals surface area contributed by atoms with Gasteiger partial charge in [-0.3, -0.25) is 4.79 Å². The van der Waals surface area contributed by atoms with Crippen LogP contribution in [0.25, 0.3) is 0 Å². The molecule has 1 atom stereocenters. The van der Waals surface area contributed by atoms with Gasteiger partial charge in [-0.05, 0) is 26.3 Å². The molecule has 5 nitrogen and oxygen atoms in total. The van der Waals surface area contributed by atoms with E-state index in [1.54, 1.807) is 6.92 Å². The average molecular weight is 206 g/mol. The van der Waals surface area contributed by atoms with Crippen LogP contribution in [0.3, 0.4) is 0 Å². The second-order valence-electron chi connectivity index (χ2n) is 3.74. The number of rotatable bonds is 2. The first-order valence-electron chi connectivity index (χ1n) is 5.05. The molecule has 1 aliphatic heterocycles. The van der Waals surface area contributed by atoms with E-state index in [-0.39, 0.29) is 6.04 Å². The first-order chi connectivity index (χ1) is 7.18. The van der Waals surface area contributed by atoms with Gasteiger partial charge in [0.1, 0.15) is 5.82 Å². The van der Waals surface area contributed by atoms with Gasteiger partial charge in [0, 0.05) is 6.20 Å². The molecule has 0 aliphatic carbocycles. The molecule has 0 aromatic carbocycles. The van der Waals surface area contributed by atoms with Crippen molar-refractivity contribution < 1.29 is 4.79 Å². The lowest BCUT2D eigenvalue weighted by molar-refractivity contribution is 0.0999. The van der Waals surface area contributed by atoms with Gasteiger partial charge in [0.2, 0.25) is 0 Å². The van der Waals surface area contributed by atoms with Gasteiger partial charge in [-0.15, -0.1) is 0 Å². The van der Waals surface area contributed by atoms with Crippen molar-refractivity contribution in [1.29, 1.82) is 0 Å². The molecule has 2 rings (SSSR count). The smallest absolute Gasteiger partial charge is 0.252 e. The maximum atomic E-state index is 11.0. The summed E-state index contributed by atoms with van der Waals surface area (Å²) in [5.74, 6) is 0.286. The Hall–Kier alpha value is -1.49. The van der Waals surface area contributed by atoms with Crippen LogP contribution in [-0.2, 0) is 0 Å². The van der Waals surface area contributed by atoms with E-state index in [0.29, 0.717) is 11.3 Å². The molecule has 0 saturated carbocycles. The van der Waals surface area contributed by atoms with E-state index in [1.165, 1.54) is 6.20 Å². The Morgan fingerprint density at radius 3 is 3.00 bits per heavy atom. The largest absolute Gasteiger partial charge is 0.365 e. The number of nitrogens with two attached hydrogens (primary N) is 1. The first kappa shape index (κ1) is 10.0. The van der Waals surface area contributed by atoms with E-state index in [2.05, 4.69) is 15.3 Å². The maximum absolute atomic E-state index is 11.0. The predicted molar refractivity (Wildman–Crippen MR) is 55.3 cm³/mol. The molecule has 2 heterocycles. The molecule has 3 N–H and O–H groups in total. The van der Waals surface area contributed by atoms with E-state index < -0.39 is 5.91 Å². The molecule has 1 unspecified atom stereocenters. The average Bonchev–Trinajstić information content (AvgIpc) is 2.69. The lowest BCUT2D eigenvalue weighted by Crippen LogP contribution is -2.19. The van der Waals surface area contributed by atoms with Gasteiger partial charge < -0.3 is 11.1 Å². The minimum Gasteiger partial charge on any atom is -0.365 e. The number of aryl methyl sites for hydroxylation is 1. The van der Waals surface area contributed by atoms with Crippen LogP contribution in [0.15, 0.2) is 6.20 Å². The van der Waals surface area contributed by atoms with Gasteiger partial charge in [0.25, 0.3) is 5.91 Å². The van der Waals surface area contributed by atoms with E-state index in [4.69, 9.17) is 5.73 Å². The molecule has 15 heavy (non-hydrogen) atoms. The van der Waals surface area contributed by atoms with E-state index >= 15 is 0 Å². The molecule has 0 bridgehead atoms. The molecule has 1 aromatic heterocycles. The third-order valence-corrected chi connectivity index (χ3v) is 2.64. The van der Waals surface area contributed by atoms with E-state index in [0.717, 1.165) is 25.2 Å². The summed E-state index contributed by atoms with van der Waals surface area (Å²) in [4.78, 5) is 19.5. The summed E-state index contributed by atoms with van der Waals surface area (Å²) in [6, 6.07) is 0.227. The predicted octanol–water partition coefficient (Wildman–Crippen LogP) is 0.308. The molecular formula is C10H14N4O. The Morgan fingerprint density at radius 1 is 1.67 bits per heavy atom. The van der Waals surface area contributed by atoms with Crippen molar-refractivity contribution in [2.45, 2.75) is 25.8 Å². The molecule has 1 aromatic rings. The van der Waals surface area contributed by atoms with Crippen molar-refractivity contribution >= 4 is 5.91 Å². The Morgan fingerprint density at radius 2 is 2.47 bits per heavy atom. The van der Waals surface area contributed by atoms with Crippen LogP contribution in [0.4, 0.5) is 0 Å². The Kier molecular flexibility index (Phi) is 2.64. The van der Waals surface area contributed by atoms with Gasteiger partial charge in [0.05, 0.1) is 17.3 Å². The SMILES string of the molecule is Cc1nc(C2CCCN2)ncc1C(N)=O. The molecule has 0 radical (unpaired) electrons. The summed E-state index contributed by atoms with van der Waals surface area (Å²) < 4.78 is 0.